The summed E-state index contributed by atoms with van der Waals surface area (Å²) in [6, 6.07) is 7.22. The van der Waals surface area contributed by atoms with E-state index in [0.717, 1.165) is 12.0 Å². The average Bonchev–Trinajstić information content (AvgIpc) is 2.80. The zero-order chi connectivity index (χ0) is 13.8. The van der Waals surface area contributed by atoms with Gasteiger partial charge in [0.1, 0.15) is 11.5 Å². The molecule has 0 fully saturated rings. The molecule has 0 aliphatic rings. The van der Waals surface area contributed by atoms with Gasteiger partial charge in [-0.15, -0.1) is 0 Å². The Balaban J connectivity index is 1.98. The van der Waals surface area contributed by atoms with Crippen molar-refractivity contribution in [3.05, 3.63) is 46.2 Å². The first kappa shape index (κ1) is 13.9. The van der Waals surface area contributed by atoms with Crippen molar-refractivity contribution in [2.75, 3.05) is 0 Å². The first-order valence-electron chi connectivity index (χ1n) is 6.34. The summed E-state index contributed by atoms with van der Waals surface area (Å²) in [5, 5.41) is 26.7. The standard InChI is InChI=1S/C15H19NO2S/c1-10(5-12-3-4-19-9-12)16-11(2)13-6-14(17)8-15(18)7-13/h3-4,6-11,16-18H,5H2,1-2H3. The zero-order valence-electron chi connectivity index (χ0n) is 11.1. The Labute approximate surface area is 117 Å². The van der Waals surface area contributed by atoms with Crippen LogP contribution in [0.4, 0.5) is 0 Å². The number of hydrogen-bond acceptors (Lipinski definition) is 4. The highest BCUT2D eigenvalue weighted by Gasteiger charge is 2.12. The largest absolute Gasteiger partial charge is 0.508 e. The summed E-state index contributed by atoms with van der Waals surface area (Å²) in [7, 11) is 0. The molecule has 0 aliphatic carbocycles. The maximum Gasteiger partial charge on any atom is 0.119 e. The summed E-state index contributed by atoms with van der Waals surface area (Å²) >= 11 is 1.71. The van der Waals surface area contributed by atoms with Gasteiger partial charge in [-0.3, -0.25) is 0 Å². The molecule has 0 saturated carbocycles. The van der Waals surface area contributed by atoms with Gasteiger partial charge in [0.15, 0.2) is 0 Å². The predicted octanol–water partition coefficient (Wildman–Crippen LogP) is 3.44. The molecule has 0 amide bonds. The monoisotopic (exact) mass is 277 g/mol. The van der Waals surface area contributed by atoms with Crippen molar-refractivity contribution in [3.8, 4) is 11.5 Å². The Hall–Kier alpha value is -1.52. The summed E-state index contributed by atoms with van der Waals surface area (Å²) in [6.07, 6.45) is 0.971. The maximum atomic E-state index is 9.50. The van der Waals surface area contributed by atoms with E-state index in [1.807, 2.05) is 6.92 Å². The fourth-order valence-corrected chi connectivity index (χ4v) is 2.89. The van der Waals surface area contributed by atoms with Crippen LogP contribution in [-0.2, 0) is 6.42 Å². The van der Waals surface area contributed by atoms with Crippen LogP contribution in [-0.4, -0.2) is 16.3 Å². The van der Waals surface area contributed by atoms with Crippen molar-refractivity contribution >= 4 is 11.3 Å². The Morgan fingerprint density at radius 3 is 2.42 bits per heavy atom. The Kier molecular flexibility index (Phi) is 4.45. The first-order valence-corrected chi connectivity index (χ1v) is 7.29. The molecular weight excluding hydrogens is 258 g/mol. The summed E-state index contributed by atoms with van der Waals surface area (Å²) < 4.78 is 0. The molecule has 0 saturated heterocycles. The molecule has 1 heterocycles. The molecule has 0 aliphatic heterocycles. The van der Waals surface area contributed by atoms with E-state index in [0.29, 0.717) is 6.04 Å². The van der Waals surface area contributed by atoms with E-state index in [1.54, 1.807) is 23.5 Å². The molecule has 0 radical (unpaired) electrons. The highest BCUT2D eigenvalue weighted by atomic mass is 32.1. The Bertz CT molecular complexity index is 505. The average molecular weight is 277 g/mol. The molecule has 2 unspecified atom stereocenters. The van der Waals surface area contributed by atoms with E-state index >= 15 is 0 Å². The number of phenols is 2. The van der Waals surface area contributed by atoms with E-state index in [-0.39, 0.29) is 17.5 Å². The predicted molar refractivity (Wildman–Crippen MR) is 78.8 cm³/mol. The van der Waals surface area contributed by atoms with Crippen molar-refractivity contribution in [2.45, 2.75) is 32.4 Å². The first-order chi connectivity index (χ1) is 9.04. The molecule has 102 valence electrons. The number of thiophene rings is 1. The number of benzene rings is 1. The van der Waals surface area contributed by atoms with Gasteiger partial charge in [0.05, 0.1) is 0 Å². The van der Waals surface area contributed by atoms with Crippen LogP contribution in [0.15, 0.2) is 35.0 Å². The minimum atomic E-state index is 0.0756. The summed E-state index contributed by atoms with van der Waals surface area (Å²) in [6.45, 7) is 4.16. The second kappa shape index (κ2) is 6.08. The van der Waals surface area contributed by atoms with Crippen molar-refractivity contribution in [1.82, 2.24) is 5.32 Å². The molecule has 3 N–H and O–H groups in total. The number of phenolic OH excluding ortho intramolecular Hbond substituents is 2. The van der Waals surface area contributed by atoms with Crippen molar-refractivity contribution < 1.29 is 10.2 Å². The van der Waals surface area contributed by atoms with Gasteiger partial charge in [0, 0.05) is 18.2 Å². The zero-order valence-corrected chi connectivity index (χ0v) is 11.9. The molecule has 1 aromatic carbocycles. The second-order valence-electron chi connectivity index (χ2n) is 4.91. The third-order valence-corrected chi connectivity index (χ3v) is 3.81. The van der Waals surface area contributed by atoms with E-state index in [4.69, 9.17) is 0 Å². The molecule has 4 heteroatoms. The number of nitrogens with one attached hydrogen (secondary N) is 1. The van der Waals surface area contributed by atoms with Crippen LogP contribution < -0.4 is 5.32 Å². The quantitative estimate of drug-likeness (QED) is 0.784. The van der Waals surface area contributed by atoms with Crippen LogP contribution in [0.1, 0.15) is 31.0 Å². The molecule has 2 atom stereocenters. The number of aromatic hydroxyl groups is 2. The third-order valence-electron chi connectivity index (χ3n) is 3.08. The van der Waals surface area contributed by atoms with Crippen molar-refractivity contribution in [1.29, 1.82) is 0 Å². The summed E-state index contributed by atoms with van der Waals surface area (Å²) in [5.74, 6) is 0.184. The van der Waals surface area contributed by atoms with Gasteiger partial charge >= 0.3 is 0 Å². The van der Waals surface area contributed by atoms with Crippen LogP contribution in [0.25, 0.3) is 0 Å². The lowest BCUT2D eigenvalue weighted by Crippen LogP contribution is -2.30. The molecule has 19 heavy (non-hydrogen) atoms. The smallest absolute Gasteiger partial charge is 0.119 e. The lowest BCUT2D eigenvalue weighted by molar-refractivity contribution is 0.440. The van der Waals surface area contributed by atoms with Gasteiger partial charge in [-0.1, -0.05) is 0 Å². The number of hydrogen-bond donors (Lipinski definition) is 3. The maximum absolute atomic E-state index is 9.50. The van der Waals surface area contributed by atoms with Crippen LogP contribution >= 0.6 is 11.3 Å². The van der Waals surface area contributed by atoms with Crippen LogP contribution in [0.3, 0.4) is 0 Å². The minimum absolute atomic E-state index is 0.0756. The molecule has 2 rings (SSSR count). The summed E-state index contributed by atoms with van der Waals surface area (Å²) in [5.41, 5.74) is 2.21. The van der Waals surface area contributed by atoms with Gasteiger partial charge in [-0.25, -0.2) is 0 Å². The van der Waals surface area contributed by atoms with Crippen molar-refractivity contribution in [2.24, 2.45) is 0 Å². The minimum Gasteiger partial charge on any atom is -0.508 e. The molecule has 2 aromatic rings. The Morgan fingerprint density at radius 2 is 1.84 bits per heavy atom. The van der Waals surface area contributed by atoms with Gasteiger partial charge in [0.2, 0.25) is 0 Å². The van der Waals surface area contributed by atoms with Crippen molar-refractivity contribution in [3.63, 3.8) is 0 Å². The van der Waals surface area contributed by atoms with Crippen LogP contribution in [0, 0.1) is 0 Å². The van der Waals surface area contributed by atoms with Gasteiger partial charge in [-0.05, 0) is 60.4 Å². The van der Waals surface area contributed by atoms with E-state index in [2.05, 4.69) is 29.1 Å². The summed E-state index contributed by atoms with van der Waals surface area (Å²) in [4.78, 5) is 0. The van der Waals surface area contributed by atoms with E-state index in [9.17, 15) is 10.2 Å². The van der Waals surface area contributed by atoms with Crippen LogP contribution in [0.5, 0.6) is 11.5 Å². The highest BCUT2D eigenvalue weighted by molar-refractivity contribution is 7.07. The fourth-order valence-electron chi connectivity index (χ4n) is 2.21. The molecular formula is C15H19NO2S. The van der Waals surface area contributed by atoms with E-state index in [1.165, 1.54) is 11.6 Å². The lowest BCUT2D eigenvalue weighted by atomic mass is 10.0. The SMILES string of the molecule is CC(Cc1ccsc1)NC(C)c1cc(O)cc(O)c1. The molecule has 0 spiro atoms. The highest BCUT2D eigenvalue weighted by Crippen LogP contribution is 2.25. The number of rotatable bonds is 5. The molecule has 1 aromatic heterocycles. The van der Waals surface area contributed by atoms with Gasteiger partial charge in [0.25, 0.3) is 0 Å². The van der Waals surface area contributed by atoms with Crippen LogP contribution in [0.2, 0.25) is 0 Å². The molecule has 3 nitrogen and oxygen atoms in total. The Morgan fingerprint density at radius 1 is 1.16 bits per heavy atom. The van der Waals surface area contributed by atoms with Gasteiger partial charge < -0.3 is 15.5 Å². The van der Waals surface area contributed by atoms with Gasteiger partial charge in [-0.2, -0.15) is 11.3 Å². The third kappa shape index (κ3) is 3.98. The normalized spacial score (nSPS) is 14.2. The molecule has 0 bridgehead atoms. The topological polar surface area (TPSA) is 52.5 Å². The fraction of sp³-hybridized carbons (Fsp3) is 0.333. The van der Waals surface area contributed by atoms with E-state index < -0.39 is 0 Å². The second-order valence-corrected chi connectivity index (χ2v) is 5.69. The lowest BCUT2D eigenvalue weighted by Gasteiger charge is -2.20.